The largest absolute Gasteiger partial charge is 0.495 e. The summed E-state index contributed by atoms with van der Waals surface area (Å²) < 4.78 is 5.27. The molecule has 138 valence electrons. The molecule has 0 aliphatic carbocycles. The summed E-state index contributed by atoms with van der Waals surface area (Å²) in [7, 11) is 1.57. The molecule has 5 nitrogen and oxygen atoms in total. The van der Waals surface area contributed by atoms with Crippen molar-refractivity contribution in [2.75, 3.05) is 50.1 Å². The van der Waals surface area contributed by atoms with Crippen LogP contribution in [0.2, 0.25) is 10.0 Å². The van der Waals surface area contributed by atoms with Crippen LogP contribution in [0.25, 0.3) is 0 Å². The van der Waals surface area contributed by atoms with Crippen LogP contribution in [0.1, 0.15) is 0 Å². The zero-order valence-electron chi connectivity index (χ0n) is 14.6. The van der Waals surface area contributed by atoms with E-state index < -0.39 is 0 Å². The number of carbonyl (C=O) groups excluding carboxylic acids is 1. The summed E-state index contributed by atoms with van der Waals surface area (Å²) in [6.07, 6.45) is 0. The molecule has 0 unspecified atom stereocenters. The monoisotopic (exact) mass is 394 g/mol. The zero-order chi connectivity index (χ0) is 18.5. The third kappa shape index (κ3) is 4.81. The van der Waals surface area contributed by atoms with Crippen LogP contribution in [-0.4, -0.2) is 45.7 Å². The van der Waals surface area contributed by atoms with Crippen molar-refractivity contribution in [3.05, 3.63) is 52.5 Å². The van der Waals surface area contributed by atoms with Gasteiger partial charge in [0.2, 0.25) is 0 Å². The molecule has 0 bridgehead atoms. The topological polar surface area (TPSA) is 46.0 Å². The van der Waals surface area contributed by atoms with Gasteiger partial charge in [-0.05, 0) is 42.5 Å². The molecule has 7 heteroatoms. The molecule has 2 N–H and O–H groups in total. The number of piperazine rings is 1. The van der Waals surface area contributed by atoms with Gasteiger partial charge in [0.1, 0.15) is 5.75 Å². The Morgan fingerprint density at radius 2 is 1.77 bits per heavy atom. The molecule has 0 saturated carbocycles. The molecule has 1 fully saturated rings. The summed E-state index contributed by atoms with van der Waals surface area (Å²) in [5.41, 5.74) is 1.77. The second kappa shape index (κ2) is 8.62. The van der Waals surface area contributed by atoms with Gasteiger partial charge in [0.15, 0.2) is 6.54 Å². The first-order valence-electron chi connectivity index (χ1n) is 8.52. The minimum Gasteiger partial charge on any atom is -0.495 e. The number of carbonyl (C=O) groups is 1. The van der Waals surface area contributed by atoms with Gasteiger partial charge in [-0.2, -0.15) is 0 Å². The van der Waals surface area contributed by atoms with E-state index in [1.165, 1.54) is 10.6 Å². The van der Waals surface area contributed by atoms with Crippen LogP contribution in [0.4, 0.5) is 11.4 Å². The van der Waals surface area contributed by atoms with Gasteiger partial charge in [0, 0.05) is 15.7 Å². The van der Waals surface area contributed by atoms with E-state index in [2.05, 4.69) is 10.2 Å². The average Bonchev–Trinajstić information content (AvgIpc) is 2.63. The van der Waals surface area contributed by atoms with Crippen LogP contribution in [-0.2, 0) is 4.79 Å². The Bertz CT molecular complexity index is 760. The van der Waals surface area contributed by atoms with E-state index >= 15 is 0 Å². The standard InChI is InChI=1S/C19H21Cl2N3O2/c1-26-18-7-4-15(21)12-17(18)22-19(25)13-23-8-10-24(11-9-23)16-5-2-14(20)3-6-16/h2-7,12H,8-11,13H2,1H3,(H,22,25)/p+1. The highest BCUT2D eigenvalue weighted by atomic mass is 35.5. The van der Waals surface area contributed by atoms with Crippen molar-refractivity contribution in [1.29, 1.82) is 0 Å². The van der Waals surface area contributed by atoms with Crippen molar-refractivity contribution in [2.24, 2.45) is 0 Å². The molecule has 1 saturated heterocycles. The van der Waals surface area contributed by atoms with Crippen molar-refractivity contribution in [1.82, 2.24) is 0 Å². The summed E-state index contributed by atoms with van der Waals surface area (Å²) in [5, 5.41) is 4.20. The number of benzene rings is 2. The van der Waals surface area contributed by atoms with E-state index in [4.69, 9.17) is 27.9 Å². The summed E-state index contributed by atoms with van der Waals surface area (Å²) >= 11 is 12.0. The van der Waals surface area contributed by atoms with Gasteiger partial charge >= 0.3 is 0 Å². The van der Waals surface area contributed by atoms with E-state index in [-0.39, 0.29) is 5.91 Å². The number of quaternary nitrogens is 1. The number of hydrogen-bond donors (Lipinski definition) is 2. The first-order chi connectivity index (χ1) is 12.5. The molecular formula is C19H22Cl2N3O2+. The molecule has 26 heavy (non-hydrogen) atoms. The summed E-state index contributed by atoms with van der Waals surface area (Å²) in [6, 6.07) is 13.1. The van der Waals surface area contributed by atoms with Crippen molar-refractivity contribution >= 4 is 40.5 Å². The lowest BCUT2D eigenvalue weighted by Crippen LogP contribution is -3.15. The zero-order valence-corrected chi connectivity index (χ0v) is 16.1. The van der Waals surface area contributed by atoms with E-state index in [0.717, 1.165) is 31.2 Å². The maximum atomic E-state index is 12.4. The molecule has 2 aromatic carbocycles. The van der Waals surface area contributed by atoms with Crippen molar-refractivity contribution < 1.29 is 14.4 Å². The third-order valence-electron chi connectivity index (χ3n) is 4.51. The van der Waals surface area contributed by atoms with Crippen LogP contribution in [0.3, 0.4) is 0 Å². The van der Waals surface area contributed by atoms with Crippen LogP contribution >= 0.6 is 23.2 Å². The lowest BCUT2D eigenvalue weighted by atomic mass is 10.2. The molecule has 1 amide bonds. The first-order valence-corrected chi connectivity index (χ1v) is 9.28. The fourth-order valence-electron chi connectivity index (χ4n) is 3.11. The Kier molecular flexibility index (Phi) is 6.25. The van der Waals surface area contributed by atoms with Crippen LogP contribution < -0.4 is 19.9 Å². The lowest BCUT2D eigenvalue weighted by molar-refractivity contribution is -0.892. The minimum atomic E-state index is -0.0412. The SMILES string of the molecule is COc1ccc(Cl)cc1NC(=O)C[NH+]1CCN(c2ccc(Cl)cc2)CC1. The molecule has 1 aliphatic rings. The minimum absolute atomic E-state index is 0.0412. The molecule has 0 spiro atoms. The second-order valence-electron chi connectivity index (χ2n) is 6.28. The van der Waals surface area contributed by atoms with Gasteiger partial charge in [0.05, 0.1) is 39.0 Å². The quantitative estimate of drug-likeness (QED) is 0.817. The molecule has 1 aliphatic heterocycles. The Balaban J connectivity index is 1.52. The predicted octanol–water partition coefficient (Wildman–Crippen LogP) is 2.35. The number of anilines is 2. The Hall–Kier alpha value is -1.95. The molecule has 0 atom stereocenters. The number of hydrogen-bond acceptors (Lipinski definition) is 3. The number of rotatable bonds is 5. The molecule has 0 aromatic heterocycles. The van der Waals surface area contributed by atoms with E-state index in [1.54, 1.807) is 25.3 Å². The summed E-state index contributed by atoms with van der Waals surface area (Å²) in [4.78, 5) is 16.0. The van der Waals surface area contributed by atoms with Gasteiger partial charge in [-0.15, -0.1) is 0 Å². The fourth-order valence-corrected chi connectivity index (χ4v) is 3.41. The average molecular weight is 395 g/mol. The lowest BCUT2D eigenvalue weighted by Gasteiger charge is -2.33. The highest BCUT2D eigenvalue weighted by molar-refractivity contribution is 6.31. The smallest absolute Gasteiger partial charge is 0.279 e. The summed E-state index contributed by atoms with van der Waals surface area (Å²) in [5.74, 6) is 0.561. The molecule has 0 radical (unpaired) electrons. The van der Waals surface area contributed by atoms with Crippen LogP contribution in [0.5, 0.6) is 5.75 Å². The first kappa shape index (κ1) is 18.8. The van der Waals surface area contributed by atoms with Gasteiger partial charge in [-0.25, -0.2) is 0 Å². The Morgan fingerprint density at radius 3 is 2.42 bits per heavy atom. The number of halogens is 2. The summed E-state index contributed by atoms with van der Waals surface area (Å²) in [6.45, 7) is 4.05. The number of nitrogens with zero attached hydrogens (tertiary/aromatic N) is 1. The van der Waals surface area contributed by atoms with E-state index in [1.807, 2.05) is 24.3 Å². The normalized spacial score (nSPS) is 15.0. The Labute approximate surface area is 163 Å². The maximum Gasteiger partial charge on any atom is 0.279 e. The molecule has 3 rings (SSSR count). The van der Waals surface area contributed by atoms with Gasteiger partial charge in [-0.1, -0.05) is 23.2 Å². The second-order valence-corrected chi connectivity index (χ2v) is 7.16. The van der Waals surface area contributed by atoms with Crippen LogP contribution in [0.15, 0.2) is 42.5 Å². The predicted molar refractivity (Wildman–Crippen MR) is 106 cm³/mol. The third-order valence-corrected chi connectivity index (χ3v) is 5.00. The van der Waals surface area contributed by atoms with Crippen molar-refractivity contribution in [3.63, 3.8) is 0 Å². The number of ether oxygens (including phenoxy) is 1. The van der Waals surface area contributed by atoms with Crippen molar-refractivity contribution in [3.8, 4) is 5.75 Å². The highest BCUT2D eigenvalue weighted by Crippen LogP contribution is 2.27. The van der Waals surface area contributed by atoms with E-state index in [9.17, 15) is 4.79 Å². The maximum absolute atomic E-state index is 12.4. The molecule has 1 heterocycles. The van der Waals surface area contributed by atoms with Crippen molar-refractivity contribution in [2.45, 2.75) is 0 Å². The Morgan fingerprint density at radius 1 is 1.12 bits per heavy atom. The van der Waals surface area contributed by atoms with Gasteiger partial charge < -0.3 is 19.9 Å². The van der Waals surface area contributed by atoms with E-state index in [0.29, 0.717) is 23.0 Å². The number of amides is 1. The fraction of sp³-hybridized carbons (Fsp3) is 0.316. The highest BCUT2D eigenvalue weighted by Gasteiger charge is 2.22. The number of nitrogens with one attached hydrogen (secondary N) is 2. The number of methoxy groups -OCH3 is 1. The van der Waals surface area contributed by atoms with Crippen LogP contribution in [0, 0.1) is 0 Å². The van der Waals surface area contributed by atoms with Gasteiger partial charge in [-0.3, -0.25) is 4.79 Å². The van der Waals surface area contributed by atoms with Gasteiger partial charge in [0.25, 0.3) is 5.91 Å². The molecule has 2 aromatic rings. The molecular weight excluding hydrogens is 373 g/mol.